The van der Waals surface area contributed by atoms with Gasteiger partial charge in [0, 0.05) is 19.7 Å². The molecule has 0 atom stereocenters. The Hall–Kier alpha value is -1.86. The number of benzene rings is 2. The number of halogens is 2. The van der Waals surface area contributed by atoms with Crippen LogP contribution in [0.2, 0.25) is 5.02 Å². The van der Waals surface area contributed by atoms with Crippen molar-refractivity contribution in [1.29, 1.82) is 0 Å². The Balaban J connectivity index is 1.98. The average molecular weight is 426 g/mol. The highest BCUT2D eigenvalue weighted by Gasteiger charge is 2.14. The molecule has 0 aliphatic carbocycles. The van der Waals surface area contributed by atoms with Crippen molar-refractivity contribution in [2.45, 2.75) is 0 Å². The molecule has 2 aromatic carbocycles. The van der Waals surface area contributed by atoms with Crippen molar-refractivity contribution >= 4 is 56.8 Å². The van der Waals surface area contributed by atoms with Crippen LogP contribution in [-0.2, 0) is 0 Å². The Morgan fingerprint density at radius 3 is 2.55 bits per heavy atom. The number of nitrogens with one attached hydrogen (secondary N) is 1. The minimum Gasteiger partial charge on any atom is -0.422 e. The predicted octanol–water partition coefficient (Wildman–Crippen LogP) is 4.30. The maximum Gasteiger partial charge on any atom is 0.349 e. The van der Waals surface area contributed by atoms with Crippen molar-refractivity contribution in [3.8, 4) is 0 Å². The molecule has 0 unspecified atom stereocenters. The lowest BCUT2D eigenvalue weighted by Crippen LogP contribution is -2.20. The molecule has 0 aliphatic rings. The van der Waals surface area contributed by atoms with Gasteiger partial charge in [-0.1, -0.05) is 11.6 Å². The first-order valence-corrected chi connectivity index (χ1v) is 7.79. The number of fused-ring (bicyclic) bond motifs is 1. The molecule has 3 aromatic rings. The molecular weight excluding hydrogens is 417 g/mol. The van der Waals surface area contributed by atoms with Gasteiger partial charge in [-0.2, -0.15) is 0 Å². The zero-order chi connectivity index (χ0) is 15.7. The molecular formula is C16H9ClINO3. The lowest BCUT2D eigenvalue weighted by atomic mass is 10.1. The molecule has 0 spiro atoms. The van der Waals surface area contributed by atoms with E-state index in [0.29, 0.717) is 21.7 Å². The van der Waals surface area contributed by atoms with Gasteiger partial charge in [0.2, 0.25) is 0 Å². The van der Waals surface area contributed by atoms with E-state index in [1.807, 2.05) is 12.1 Å². The van der Waals surface area contributed by atoms with E-state index in [2.05, 4.69) is 27.9 Å². The van der Waals surface area contributed by atoms with Crippen LogP contribution < -0.4 is 10.9 Å². The number of anilines is 1. The van der Waals surface area contributed by atoms with Gasteiger partial charge >= 0.3 is 5.63 Å². The highest BCUT2D eigenvalue weighted by atomic mass is 127. The molecule has 1 heterocycles. The maximum absolute atomic E-state index is 12.2. The summed E-state index contributed by atoms with van der Waals surface area (Å²) in [4.78, 5) is 24.2. The molecule has 6 heteroatoms. The molecule has 0 saturated heterocycles. The van der Waals surface area contributed by atoms with Crippen molar-refractivity contribution in [2.24, 2.45) is 0 Å². The van der Waals surface area contributed by atoms with Crippen molar-refractivity contribution in [1.82, 2.24) is 0 Å². The number of carbonyl (C=O) groups is 1. The molecule has 3 rings (SSSR count). The smallest absolute Gasteiger partial charge is 0.349 e. The summed E-state index contributed by atoms with van der Waals surface area (Å²) in [5, 5.41) is 3.77. The van der Waals surface area contributed by atoms with Crippen molar-refractivity contribution in [3.63, 3.8) is 0 Å². The molecule has 0 radical (unpaired) electrons. The summed E-state index contributed by atoms with van der Waals surface area (Å²) < 4.78 is 6.20. The van der Waals surface area contributed by atoms with Crippen molar-refractivity contribution < 1.29 is 9.21 Å². The van der Waals surface area contributed by atoms with Gasteiger partial charge in [-0.25, -0.2) is 4.79 Å². The van der Waals surface area contributed by atoms with E-state index in [1.54, 1.807) is 30.3 Å². The molecule has 0 fully saturated rings. The van der Waals surface area contributed by atoms with Gasteiger partial charge in [-0.05, 0) is 71.1 Å². The van der Waals surface area contributed by atoms with E-state index in [-0.39, 0.29) is 5.56 Å². The zero-order valence-corrected chi connectivity index (χ0v) is 14.0. The topological polar surface area (TPSA) is 59.3 Å². The Morgan fingerprint density at radius 1 is 1.09 bits per heavy atom. The number of hydrogen-bond acceptors (Lipinski definition) is 3. The van der Waals surface area contributed by atoms with Crippen LogP contribution in [0.3, 0.4) is 0 Å². The molecule has 0 aliphatic heterocycles. The van der Waals surface area contributed by atoms with Crippen LogP contribution in [0.5, 0.6) is 0 Å². The molecule has 22 heavy (non-hydrogen) atoms. The van der Waals surface area contributed by atoms with Gasteiger partial charge < -0.3 is 9.73 Å². The van der Waals surface area contributed by atoms with Crippen LogP contribution in [0.1, 0.15) is 10.4 Å². The third-order valence-electron chi connectivity index (χ3n) is 3.04. The number of hydrogen-bond donors (Lipinski definition) is 1. The molecule has 1 N–H and O–H groups in total. The van der Waals surface area contributed by atoms with Crippen LogP contribution >= 0.6 is 34.2 Å². The molecule has 0 saturated carbocycles. The zero-order valence-electron chi connectivity index (χ0n) is 11.1. The minimum atomic E-state index is -0.683. The summed E-state index contributed by atoms with van der Waals surface area (Å²) in [5.74, 6) is -0.517. The minimum absolute atomic E-state index is 0.0617. The third kappa shape index (κ3) is 3.15. The fourth-order valence-electron chi connectivity index (χ4n) is 1.98. The second-order valence-electron chi connectivity index (χ2n) is 4.59. The Kier molecular flexibility index (Phi) is 4.17. The molecule has 1 amide bonds. The van der Waals surface area contributed by atoms with Crippen LogP contribution in [0.4, 0.5) is 5.69 Å². The first-order chi connectivity index (χ1) is 10.5. The number of amides is 1. The number of rotatable bonds is 2. The van der Waals surface area contributed by atoms with E-state index in [9.17, 15) is 9.59 Å². The summed E-state index contributed by atoms with van der Waals surface area (Å²) in [6.07, 6.45) is 0. The van der Waals surface area contributed by atoms with E-state index in [1.165, 1.54) is 6.07 Å². The summed E-state index contributed by atoms with van der Waals surface area (Å²) >= 11 is 8.08. The lowest BCUT2D eigenvalue weighted by Gasteiger charge is -2.05. The van der Waals surface area contributed by atoms with Gasteiger partial charge in [0.25, 0.3) is 5.91 Å². The van der Waals surface area contributed by atoms with Crippen LogP contribution in [0, 0.1) is 3.57 Å². The highest BCUT2D eigenvalue weighted by molar-refractivity contribution is 14.1. The van der Waals surface area contributed by atoms with E-state index >= 15 is 0 Å². The Labute approximate surface area is 144 Å². The maximum atomic E-state index is 12.2. The fourth-order valence-corrected chi connectivity index (χ4v) is 2.52. The Bertz CT molecular complexity index is 919. The van der Waals surface area contributed by atoms with Gasteiger partial charge in [0.05, 0.1) is 0 Å². The van der Waals surface area contributed by atoms with Gasteiger partial charge in [0.15, 0.2) is 0 Å². The van der Waals surface area contributed by atoms with E-state index in [4.69, 9.17) is 16.0 Å². The Morgan fingerprint density at radius 2 is 1.82 bits per heavy atom. The predicted molar refractivity (Wildman–Crippen MR) is 94.6 cm³/mol. The van der Waals surface area contributed by atoms with E-state index in [0.717, 1.165) is 3.57 Å². The largest absolute Gasteiger partial charge is 0.422 e. The first kappa shape index (κ1) is 15.1. The van der Waals surface area contributed by atoms with Gasteiger partial charge in [-0.3, -0.25) is 4.79 Å². The normalized spacial score (nSPS) is 10.6. The summed E-state index contributed by atoms with van der Waals surface area (Å²) in [5.41, 5.74) is 0.252. The van der Waals surface area contributed by atoms with Crippen molar-refractivity contribution in [3.05, 3.63) is 73.1 Å². The summed E-state index contributed by atoms with van der Waals surface area (Å²) in [7, 11) is 0. The summed E-state index contributed by atoms with van der Waals surface area (Å²) in [6, 6.07) is 13.6. The van der Waals surface area contributed by atoms with Crippen LogP contribution in [0.25, 0.3) is 11.0 Å². The first-order valence-electron chi connectivity index (χ1n) is 6.33. The molecule has 4 nitrogen and oxygen atoms in total. The highest BCUT2D eigenvalue weighted by Crippen LogP contribution is 2.19. The second kappa shape index (κ2) is 6.10. The number of carbonyl (C=O) groups excluding carboxylic acids is 1. The van der Waals surface area contributed by atoms with Crippen LogP contribution in [0.15, 0.2) is 57.7 Å². The monoisotopic (exact) mass is 425 g/mol. The lowest BCUT2D eigenvalue weighted by molar-refractivity contribution is 0.102. The quantitative estimate of drug-likeness (QED) is 0.492. The SMILES string of the molecule is O=C(Nc1ccc(I)cc1)c1cc2cc(Cl)ccc2oc1=O. The standard InChI is InChI=1S/C16H9ClINO3/c17-10-1-6-14-9(7-10)8-13(16(21)22-14)15(20)19-12-4-2-11(18)3-5-12/h1-8H,(H,19,20). The third-order valence-corrected chi connectivity index (χ3v) is 4.00. The van der Waals surface area contributed by atoms with Crippen LogP contribution in [-0.4, -0.2) is 5.91 Å². The van der Waals surface area contributed by atoms with E-state index < -0.39 is 11.5 Å². The van der Waals surface area contributed by atoms with Gasteiger partial charge in [-0.15, -0.1) is 0 Å². The molecule has 110 valence electrons. The second-order valence-corrected chi connectivity index (χ2v) is 6.27. The summed E-state index contributed by atoms with van der Waals surface area (Å²) in [6.45, 7) is 0. The fraction of sp³-hybridized carbons (Fsp3) is 0. The molecule has 1 aromatic heterocycles. The van der Waals surface area contributed by atoms with Gasteiger partial charge in [0.1, 0.15) is 11.1 Å². The van der Waals surface area contributed by atoms with Crippen molar-refractivity contribution in [2.75, 3.05) is 5.32 Å². The molecule has 0 bridgehead atoms. The average Bonchev–Trinajstić information content (AvgIpc) is 2.49.